The molecule has 1 aliphatic rings. The quantitative estimate of drug-likeness (QED) is 0.108. The molecule has 0 aromatic heterocycles. The van der Waals surface area contributed by atoms with Gasteiger partial charge >= 0.3 is 5.97 Å². The molecule has 1 aliphatic carbocycles. The van der Waals surface area contributed by atoms with Crippen LogP contribution in [0.25, 0.3) is 11.1 Å². The summed E-state index contributed by atoms with van der Waals surface area (Å²) in [5.74, 6) is 0.681. The van der Waals surface area contributed by atoms with Crippen molar-refractivity contribution in [2.75, 3.05) is 20.3 Å². The molecular formula is C37H56O3. The largest absolute Gasteiger partial charge is 0.465 e. The fourth-order valence-corrected chi connectivity index (χ4v) is 6.39. The van der Waals surface area contributed by atoms with Crippen LogP contribution in [0.1, 0.15) is 134 Å². The number of carbonyl (C=O) groups is 1. The molecule has 0 aliphatic heterocycles. The number of fused-ring (bicyclic) bond motifs is 3. The molecule has 0 saturated carbocycles. The topological polar surface area (TPSA) is 35.5 Å². The van der Waals surface area contributed by atoms with Gasteiger partial charge < -0.3 is 9.47 Å². The number of esters is 1. The lowest BCUT2D eigenvalue weighted by Gasteiger charge is -2.29. The Labute approximate surface area is 245 Å². The predicted octanol–water partition coefficient (Wildman–Crippen LogP) is 10.4. The molecule has 2 aromatic carbocycles. The van der Waals surface area contributed by atoms with E-state index in [0.717, 1.165) is 41.0 Å². The highest BCUT2D eigenvalue weighted by atomic mass is 16.5. The summed E-state index contributed by atoms with van der Waals surface area (Å²) in [7, 11) is 1.66. The Kier molecular flexibility index (Phi) is 14.8. The maximum absolute atomic E-state index is 13.6. The van der Waals surface area contributed by atoms with E-state index in [1.807, 2.05) is 36.4 Å². The average molecular weight is 549 g/mol. The van der Waals surface area contributed by atoms with E-state index in [2.05, 4.69) is 26.0 Å². The van der Waals surface area contributed by atoms with Crippen LogP contribution >= 0.6 is 0 Å². The first-order valence-electron chi connectivity index (χ1n) is 16.5. The van der Waals surface area contributed by atoms with Crippen molar-refractivity contribution in [2.45, 2.75) is 128 Å². The van der Waals surface area contributed by atoms with Crippen LogP contribution in [0.4, 0.5) is 0 Å². The van der Waals surface area contributed by atoms with Crippen LogP contribution in [0.2, 0.25) is 0 Å². The van der Waals surface area contributed by atoms with Gasteiger partial charge in [-0.1, -0.05) is 165 Å². The van der Waals surface area contributed by atoms with Crippen LogP contribution in [-0.2, 0) is 19.7 Å². The minimum Gasteiger partial charge on any atom is -0.465 e. The zero-order valence-electron chi connectivity index (χ0n) is 25.9. The summed E-state index contributed by atoms with van der Waals surface area (Å²) < 4.78 is 11.5. The van der Waals surface area contributed by atoms with Gasteiger partial charge in [0, 0.05) is 7.11 Å². The number of methoxy groups -OCH3 is 1. The molecule has 3 heteroatoms. The summed E-state index contributed by atoms with van der Waals surface area (Å²) in [5.41, 5.74) is 3.32. The summed E-state index contributed by atoms with van der Waals surface area (Å²) in [4.78, 5) is 13.6. The van der Waals surface area contributed by atoms with E-state index < -0.39 is 5.41 Å². The molecule has 0 fully saturated rings. The fourth-order valence-electron chi connectivity index (χ4n) is 6.39. The SMILES string of the molecule is COCC1(C(=O)OCCCCCCCCCCCCCCCCCCC(C)C)c2ccccc2-c2ccccc21. The van der Waals surface area contributed by atoms with Crippen molar-refractivity contribution in [3.05, 3.63) is 59.7 Å². The Morgan fingerprint density at radius 1 is 0.625 bits per heavy atom. The number of ether oxygens (including phenoxy) is 2. The van der Waals surface area contributed by atoms with E-state index in [4.69, 9.17) is 9.47 Å². The smallest absolute Gasteiger partial charge is 0.323 e. The number of hydrogen-bond donors (Lipinski definition) is 0. The number of rotatable bonds is 22. The summed E-state index contributed by atoms with van der Waals surface area (Å²) in [6, 6.07) is 16.3. The first kappa shape index (κ1) is 32.4. The third-order valence-electron chi connectivity index (χ3n) is 8.68. The molecular weight excluding hydrogens is 492 g/mol. The van der Waals surface area contributed by atoms with Crippen LogP contribution < -0.4 is 0 Å². The summed E-state index contributed by atoms with van der Waals surface area (Å²) in [6.07, 6.45) is 22.9. The van der Waals surface area contributed by atoms with Crippen LogP contribution in [0.5, 0.6) is 0 Å². The van der Waals surface area contributed by atoms with Crippen molar-refractivity contribution < 1.29 is 14.3 Å². The standard InChI is InChI=1S/C37H56O3/c1-31(2)24-18-16-14-12-10-8-6-4-5-7-9-11-13-15-17-23-29-40-36(38)37(30-39-3)34-27-21-19-25-32(34)33-26-20-22-28-35(33)37/h19-22,25-28,31H,4-18,23-24,29-30H2,1-3H3. The molecule has 0 N–H and O–H groups in total. The van der Waals surface area contributed by atoms with Crippen molar-refractivity contribution in [2.24, 2.45) is 5.92 Å². The maximum Gasteiger partial charge on any atom is 0.323 e. The van der Waals surface area contributed by atoms with Gasteiger partial charge in [0.2, 0.25) is 0 Å². The van der Waals surface area contributed by atoms with Crippen molar-refractivity contribution in [3.8, 4) is 11.1 Å². The lowest BCUT2D eigenvalue weighted by molar-refractivity contribution is -0.151. The number of unbranched alkanes of at least 4 members (excludes halogenated alkanes) is 15. The van der Waals surface area contributed by atoms with E-state index in [9.17, 15) is 4.79 Å². The van der Waals surface area contributed by atoms with E-state index in [0.29, 0.717) is 13.2 Å². The van der Waals surface area contributed by atoms with Gasteiger partial charge in [-0.3, -0.25) is 4.79 Å². The highest BCUT2D eigenvalue weighted by molar-refractivity contribution is 5.98. The second-order valence-corrected chi connectivity index (χ2v) is 12.4. The summed E-state index contributed by atoms with van der Waals surface area (Å²) in [5, 5.41) is 0. The molecule has 0 atom stereocenters. The monoisotopic (exact) mass is 548 g/mol. The number of hydrogen-bond acceptors (Lipinski definition) is 3. The summed E-state index contributed by atoms with van der Waals surface area (Å²) in [6.45, 7) is 5.43. The van der Waals surface area contributed by atoms with Crippen molar-refractivity contribution in [3.63, 3.8) is 0 Å². The molecule has 0 unspecified atom stereocenters. The first-order valence-corrected chi connectivity index (χ1v) is 16.5. The summed E-state index contributed by atoms with van der Waals surface area (Å²) >= 11 is 0. The van der Waals surface area contributed by atoms with Crippen molar-refractivity contribution in [1.82, 2.24) is 0 Å². The Balaban J connectivity index is 1.21. The van der Waals surface area contributed by atoms with E-state index in [1.165, 1.54) is 96.3 Å². The number of benzene rings is 2. The second-order valence-electron chi connectivity index (χ2n) is 12.4. The molecule has 0 radical (unpaired) electrons. The Bertz CT molecular complexity index is 933. The van der Waals surface area contributed by atoms with Gasteiger partial charge in [0.1, 0.15) is 5.41 Å². The van der Waals surface area contributed by atoms with Crippen LogP contribution in [0.3, 0.4) is 0 Å². The lowest BCUT2D eigenvalue weighted by atomic mass is 9.79. The third-order valence-corrected chi connectivity index (χ3v) is 8.68. The molecule has 0 spiro atoms. The molecule has 0 bridgehead atoms. The molecule has 3 rings (SSSR count). The number of carbonyl (C=O) groups excluding carboxylic acids is 1. The molecule has 0 heterocycles. The fraction of sp³-hybridized carbons (Fsp3) is 0.649. The molecule has 40 heavy (non-hydrogen) atoms. The van der Waals surface area contributed by atoms with Crippen molar-refractivity contribution >= 4 is 5.97 Å². The zero-order chi connectivity index (χ0) is 28.5. The zero-order valence-corrected chi connectivity index (χ0v) is 25.9. The van der Waals surface area contributed by atoms with Crippen LogP contribution in [-0.4, -0.2) is 26.3 Å². The molecule has 0 saturated heterocycles. The van der Waals surface area contributed by atoms with Gasteiger partial charge in [-0.15, -0.1) is 0 Å². The van der Waals surface area contributed by atoms with Gasteiger partial charge in [-0.25, -0.2) is 0 Å². The van der Waals surface area contributed by atoms with E-state index in [1.54, 1.807) is 7.11 Å². The van der Waals surface area contributed by atoms with Gasteiger partial charge in [0.05, 0.1) is 13.2 Å². The van der Waals surface area contributed by atoms with Gasteiger partial charge in [-0.05, 0) is 34.6 Å². The Hall–Kier alpha value is -2.13. The van der Waals surface area contributed by atoms with E-state index >= 15 is 0 Å². The van der Waals surface area contributed by atoms with E-state index in [-0.39, 0.29) is 5.97 Å². The first-order chi connectivity index (χ1) is 19.6. The minimum absolute atomic E-state index is 0.187. The maximum atomic E-state index is 13.6. The van der Waals surface area contributed by atoms with Gasteiger partial charge in [0.15, 0.2) is 0 Å². The molecule has 222 valence electrons. The van der Waals surface area contributed by atoms with Crippen molar-refractivity contribution in [1.29, 1.82) is 0 Å². The lowest BCUT2D eigenvalue weighted by Crippen LogP contribution is -2.41. The van der Waals surface area contributed by atoms with Crippen LogP contribution in [0, 0.1) is 5.92 Å². The minimum atomic E-state index is -0.880. The van der Waals surface area contributed by atoms with Crippen LogP contribution in [0.15, 0.2) is 48.5 Å². The average Bonchev–Trinajstić information content (AvgIpc) is 3.25. The Morgan fingerprint density at radius 2 is 1.02 bits per heavy atom. The van der Waals surface area contributed by atoms with Gasteiger partial charge in [0.25, 0.3) is 0 Å². The molecule has 2 aromatic rings. The molecule has 3 nitrogen and oxygen atoms in total. The predicted molar refractivity (Wildman–Crippen MR) is 169 cm³/mol. The Morgan fingerprint density at radius 3 is 1.45 bits per heavy atom. The highest BCUT2D eigenvalue weighted by Crippen LogP contribution is 2.49. The normalized spacial score (nSPS) is 13.4. The third kappa shape index (κ3) is 9.47. The molecule has 0 amide bonds. The van der Waals surface area contributed by atoms with Gasteiger partial charge in [-0.2, -0.15) is 0 Å². The highest BCUT2D eigenvalue weighted by Gasteiger charge is 2.50. The second kappa shape index (κ2) is 18.3.